The SMILES string of the molecule is CC(C)(C)OC(=O)CCNC(=O)c1ccc([C@@H](CCC(F)(F)F)c2ccc3cc(O)ccc3c2)cc1. The van der Waals surface area contributed by atoms with Crippen molar-refractivity contribution in [1.82, 2.24) is 5.32 Å². The fraction of sp³-hybridized carbons (Fsp3) is 0.357. The lowest BCUT2D eigenvalue weighted by Gasteiger charge is -2.20. The van der Waals surface area contributed by atoms with Crippen LogP contribution in [0.1, 0.15) is 67.4 Å². The van der Waals surface area contributed by atoms with Crippen molar-refractivity contribution in [3.8, 4) is 5.75 Å². The fourth-order valence-corrected chi connectivity index (χ4v) is 3.94. The number of halogens is 3. The third kappa shape index (κ3) is 8.00. The average molecular weight is 502 g/mol. The van der Waals surface area contributed by atoms with Gasteiger partial charge in [-0.05, 0) is 73.4 Å². The summed E-state index contributed by atoms with van der Waals surface area (Å²) in [6.45, 7) is 5.39. The molecule has 0 radical (unpaired) electrons. The summed E-state index contributed by atoms with van der Waals surface area (Å²) >= 11 is 0. The maximum atomic E-state index is 13.1. The van der Waals surface area contributed by atoms with Crippen LogP contribution in [0, 0.1) is 0 Å². The number of fused-ring (bicyclic) bond motifs is 1. The summed E-state index contributed by atoms with van der Waals surface area (Å²) in [5.41, 5.74) is 1.10. The number of ether oxygens (including phenoxy) is 1. The molecule has 0 heterocycles. The lowest BCUT2D eigenvalue weighted by Crippen LogP contribution is -2.29. The molecule has 36 heavy (non-hydrogen) atoms. The largest absolute Gasteiger partial charge is 0.508 e. The molecule has 0 aliphatic carbocycles. The van der Waals surface area contributed by atoms with Crippen molar-refractivity contribution < 1.29 is 32.6 Å². The molecular weight excluding hydrogens is 471 g/mol. The molecule has 0 unspecified atom stereocenters. The van der Waals surface area contributed by atoms with Gasteiger partial charge in [-0.2, -0.15) is 13.2 Å². The Morgan fingerprint density at radius 3 is 2.17 bits per heavy atom. The van der Waals surface area contributed by atoms with Gasteiger partial charge in [-0.3, -0.25) is 9.59 Å². The predicted molar refractivity (Wildman–Crippen MR) is 132 cm³/mol. The first-order valence-corrected chi connectivity index (χ1v) is 11.7. The average Bonchev–Trinajstić information content (AvgIpc) is 2.77. The molecular formula is C28H30F3NO4. The first-order chi connectivity index (χ1) is 16.8. The number of alkyl halides is 3. The Labute approximate surface area is 208 Å². The van der Waals surface area contributed by atoms with Crippen LogP contribution in [0.2, 0.25) is 0 Å². The topological polar surface area (TPSA) is 75.6 Å². The van der Waals surface area contributed by atoms with E-state index in [9.17, 15) is 27.9 Å². The lowest BCUT2D eigenvalue weighted by atomic mass is 9.86. The molecule has 1 atom stereocenters. The number of phenolic OH excluding ortho intramolecular Hbond substituents is 1. The number of carbonyl (C=O) groups excluding carboxylic acids is 2. The molecule has 0 aliphatic heterocycles. The number of nitrogens with one attached hydrogen (secondary N) is 1. The van der Waals surface area contributed by atoms with Crippen molar-refractivity contribution in [3.63, 3.8) is 0 Å². The summed E-state index contributed by atoms with van der Waals surface area (Å²) in [6.07, 6.45) is -5.36. The normalized spacial score (nSPS) is 12.8. The quantitative estimate of drug-likeness (QED) is 0.347. The second-order valence-electron chi connectivity index (χ2n) is 9.71. The van der Waals surface area contributed by atoms with Gasteiger partial charge in [0.15, 0.2) is 0 Å². The van der Waals surface area contributed by atoms with Gasteiger partial charge < -0.3 is 15.2 Å². The molecule has 0 bridgehead atoms. The number of hydrogen-bond donors (Lipinski definition) is 2. The highest BCUT2D eigenvalue weighted by Gasteiger charge is 2.29. The number of rotatable bonds is 8. The van der Waals surface area contributed by atoms with E-state index in [0.717, 1.165) is 10.8 Å². The Morgan fingerprint density at radius 2 is 1.53 bits per heavy atom. The molecule has 3 aromatic carbocycles. The van der Waals surface area contributed by atoms with E-state index in [2.05, 4.69) is 5.32 Å². The van der Waals surface area contributed by atoms with Crippen molar-refractivity contribution in [2.75, 3.05) is 6.54 Å². The van der Waals surface area contributed by atoms with Gasteiger partial charge in [-0.25, -0.2) is 0 Å². The zero-order valence-electron chi connectivity index (χ0n) is 20.5. The number of phenols is 1. The highest BCUT2D eigenvalue weighted by Crippen LogP contribution is 2.35. The van der Waals surface area contributed by atoms with Crippen LogP contribution >= 0.6 is 0 Å². The minimum Gasteiger partial charge on any atom is -0.508 e. The van der Waals surface area contributed by atoms with Gasteiger partial charge in [0.25, 0.3) is 5.91 Å². The molecule has 192 valence electrons. The van der Waals surface area contributed by atoms with Crippen LogP contribution in [0.3, 0.4) is 0 Å². The van der Waals surface area contributed by atoms with Gasteiger partial charge in [-0.15, -0.1) is 0 Å². The Kier molecular flexibility index (Phi) is 8.28. The van der Waals surface area contributed by atoms with Crippen molar-refractivity contribution in [3.05, 3.63) is 77.4 Å². The van der Waals surface area contributed by atoms with E-state index in [0.29, 0.717) is 16.7 Å². The van der Waals surface area contributed by atoms with Crippen LogP contribution in [-0.2, 0) is 9.53 Å². The number of hydrogen-bond acceptors (Lipinski definition) is 4. The molecule has 0 fully saturated rings. The summed E-state index contributed by atoms with van der Waals surface area (Å²) in [4.78, 5) is 24.3. The van der Waals surface area contributed by atoms with E-state index in [-0.39, 0.29) is 31.0 Å². The van der Waals surface area contributed by atoms with Gasteiger partial charge in [0.1, 0.15) is 11.4 Å². The number of aromatic hydroxyl groups is 1. The summed E-state index contributed by atoms with van der Waals surface area (Å²) in [5.74, 6) is -1.23. The highest BCUT2D eigenvalue weighted by atomic mass is 19.4. The zero-order valence-corrected chi connectivity index (χ0v) is 20.5. The van der Waals surface area contributed by atoms with Crippen molar-refractivity contribution in [2.45, 2.75) is 57.7 Å². The zero-order chi connectivity index (χ0) is 26.5. The van der Waals surface area contributed by atoms with Gasteiger partial charge in [0, 0.05) is 24.4 Å². The minimum atomic E-state index is -4.30. The van der Waals surface area contributed by atoms with Gasteiger partial charge in [0.2, 0.25) is 0 Å². The maximum Gasteiger partial charge on any atom is 0.389 e. The molecule has 0 spiro atoms. The maximum absolute atomic E-state index is 13.1. The van der Waals surface area contributed by atoms with Crippen LogP contribution in [0.5, 0.6) is 5.75 Å². The van der Waals surface area contributed by atoms with Crippen molar-refractivity contribution in [2.24, 2.45) is 0 Å². The number of amides is 1. The van der Waals surface area contributed by atoms with Crippen LogP contribution < -0.4 is 5.32 Å². The fourth-order valence-electron chi connectivity index (χ4n) is 3.94. The minimum absolute atomic E-state index is 0.0281. The molecule has 1 amide bonds. The molecule has 2 N–H and O–H groups in total. The predicted octanol–water partition coefficient (Wildman–Crippen LogP) is 6.48. The van der Waals surface area contributed by atoms with E-state index >= 15 is 0 Å². The molecule has 0 saturated heterocycles. The molecule has 0 aliphatic rings. The van der Waals surface area contributed by atoms with E-state index in [1.807, 2.05) is 6.07 Å². The van der Waals surface area contributed by atoms with Crippen molar-refractivity contribution >= 4 is 22.6 Å². The second-order valence-corrected chi connectivity index (χ2v) is 9.71. The smallest absolute Gasteiger partial charge is 0.389 e. The Balaban J connectivity index is 1.74. The monoisotopic (exact) mass is 501 g/mol. The molecule has 0 aromatic heterocycles. The Morgan fingerprint density at radius 1 is 0.917 bits per heavy atom. The van der Waals surface area contributed by atoms with Crippen molar-refractivity contribution in [1.29, 1.82) is 0 Å². The third-order valence-electron chi connectivity index (χ3n) is 5.58. The summed E-state index contributed by atoms with van der Waals surface area (Å²) in [6, 6.07) is 16.7. The first kappa shape index (κ1) is 27.0. The van der Waals surface area contributed by atoms with Crippen LogP contribution in [0.4, 0.5) is 13.2 Å². The van der Waals surface area contributed by atoms with E-state index in [1.165, 1.54) is 6.07 Å². The van der Waals surface area contributed by atoms with Gasteiger partial charge in [0.05, 0.1) is 6.42 Å². The van der Waals surface area contributed by atoms with Crippen LogP contribution in [-0.4, -0.2) is 35.3 Å². The number of carbonyl (C=O) groups is 2. The van der Waals surface area contributed by atoms with E-state index < -0.39 is 30.1 Å². The van der Waals surface area contributed by atoms with Gasteiger partial charge in [-0.1, -0.05) is 36.4 Å². The third-order valence-corrected chi connectivity index (χ3v) is 5.58. The highest BCUT2D eigenvalue weighted by molar-refractivity contribution is 5.94. The Hall–Kier alpha value is -3.55. The van der Waals surface area contributed by atoms with Crippen LogP contribution in [0.25, 0.3) is 10.8 Å². The molecule has 3 aromatic rings. The molecule has 5 nitrogen and oxygen atoms in total. The van der Waals surface area contributed by atoms with Crippen LogP contribution in [0.15, 0.2) is 60.7 Å². The van der Waals surface area contributed by atoms with E-state index in [1.54, 1.807) is 69.3 Å². The summed E-state index contributed by atoms with van der Waals surface area (Å²) in [5, 5.41) is 13.9. The number of benzene rings is 3. The molecule has 8 heteroatoms. The molecule has 3 rings (SSSR count). The number of esters is 1. The lowest BCUT2D eigenvalue weighted by molar-refractivity contribution is -0.154. The van der Waals surface area contributed by atoms with E-state index in [4.69, 9.17) is 4.74 Å². The molecule has 0 saturated carbocycles. The standard InChI is InChI=1S/C28H30F3NO4/c1-27(2,3)36-25(34)13-15-32-26(35)19-6-4-18(5-7-19)24(12-14-28(29,30)31)22-9-8-21-17-23(33)11-10-20(21)16-22/h4-11,16-17,24,33H,12-15H2,1-3H3,(H,32,35)/t24-/m1/s1. The first-order valence-electron chi connectivity index (χ1n) is 11.7. The summed E-state index contributed by atoms with van der Waals surface area (Å²) < 4.78 is 44.4. The summed E-state index contributed by atoms with van der Waals surface area (Å²) in [7, 11) is 0. The second kappa shape index (κ2) is 11.0. The van der Waals surface area contributed by atoms with Gasteiger partial charge >= 0.3 is 12.1 Å². The Bertz CT molecular complexity index is 1210.